The molecular weight excluding hydrogens is 320 g/mol. The number of halogens is 7. The minimum absolute atomic E-state index is 0.169. The minimum atomic E-state index is -5.77. The van der Waals surface area contributed by atoms with E-state index < -0.39 is 35.4 Å². The Labute approximate surface area is 101 Å². The molecule has 2 N–H and O–H groups in total. The average molecular weight is 330 g/mol. The van der Waals surface area contributed by atoms with E-state index in [4.69, 9.17) is 5.11 Å². The molecule has 1 rings (SSSR count). The van der Waals surface area contributed by atoms with Gasteiger partial charge in [-0.1, -0.05) is 15.9 Å². The Bertz CT molecular complexity index is 264. The van der Waals surface area contributed by atoms with Gasteiger partial charge in [-0.05, 0) is 19.3 Å². The number of alkyl halides is 7. The van der Waals surface area contributed by atoms with Crippen molar-refractivity contribution in [1.29, 1.82) is 0 Å². The van der Waals surface area contributed by atoms with Gasteiger partial charge in [0, 0.05) is 0 Å². The van der Waals surface area contributed by atoms with Crippen molar-refractivity contribution in [3.63, 3.8) is 0 Å². The number of piperidine rings is 1. The Morgan fingerprint density at radius 2 is 1.47 bits per heavy atom. The summed E-state index contributed by atoms with van der Waals surface area (Å²) in [5, 5.41) is 11.2. The maximum Gasteiger partial charge on any atom is 0.427 e. The van der Waals surface area contributed by atoms with Crippen LogP contribution in [0.15, 0.2) is 0 Å². The Morgan fingerprint density at radius 3 is 1.82 bits per heavy atom. The van der Waals surface area contributed by atoms with Crippen LogP contribution in [0.25, 0.3) is 0 Å². The first-order valence-corrected chi connectivity index (χ1v) is 5.67. The van der Waals surface area contributed by atoms with E-state index in [1.165, 1.54) is 0 Å². The molecule has 0 aromatic heterocycles. The Hall–Kier alpha value is -0.0200. The largest absolute Gasteiger partial charge is 0.427 e. The number of aliphatic hydroxyl groups is 1. The van der Waals surface area contributed by atoms with Crippen LogP contribution in [0, 0.1) is 0 Å². The molecule has 0 aliphatic carbocycles. The van der Waals surface area contributed by atoms with Gasteiger partial charge in [-0.25, -0.2) is 0 Å². The third-order valence-electron chi connectivity index (χ3n) is 2.70. The van der Waals surface area contributed by atoms with Crippen molar-refractivity contribution in [1.82, 2.24) is 5.32 Å². The smallest absolute Gasteiger partial charge is 0.372 e. The third kappa shape index (κ3) is 2.70. The molecule has 2 atom stereocenters. The second kappa shape index (κ2) is 4.58. The summed E-state index contributed by atoms with van der Waals surface area (Å²) in [6, 6.07) is -2.10. The maximum atomic E-state index is 12.5. The first kappa shape index (κ1) is 15.0. The van der Waals surface area contributed by atoms with Crippen LogP contribution in [0.1, 0.15) is 19.3 Å². The SMILES string of the molecule is OC(C1CCCC(Br)N1)(C(F)(F)F)C(F)(F)F. The van der Waals surface area contributed by atoms with Crippen LogP contribution < -0.4 is 5.32 Å². The standard InChI is InChI=1S/C8H10BrF6NO/c9-5-3-1-2-4(16-5)6(17,7(10,11)12)8(13,14)15/h4-5,16-17H,1-3H2. The van der Waals surface area contributed by atoms with E-state index >= 15 is 0 Å². The van der Waals surface area contributed by atoms with Crippen molar-refractivity contribution in [2.75, 3.05) is 0 Å². The van der Waals surface area contributed by atoms with Gasteiger partial charge in [-0.15, -0.1) is 0 Å². The summed E-state index contributed by atoms with van der Waals surface area (Å²) < 4.78 is 74.9. The molecule has 0 aromatic rings. The monoisotopic (exact) mass is 329 g/mol. The topological polar surface area (TPSA) is 32.3 Å². The molecule has 102 valence electrons. The van der Waals surface area contributed by atoms with Gasteiger partial charge in [-0.2, -0.15) is 26.3 Å². The molecule has 0 saturated carbocycles. The number of hydrogen-bond acceptors (Lipinski definition) is 2. The van der Waals surface area contributed by atoms with Gasteiger partial charge in [-0.3, -0.25) is 5.32 Å². The lowest BCUT2D eigenvalue weighted by Gasteiger charge is -2.42. The van der Waals surface area contributed by atoms with Crippen molar-refractivity contribution in [2.24, 2.45) is 0 Å². The molecular formula is C8H10BrF6NO. The van der Waals surface area contributed by atoms with Crippen LogP contribution in [-0.4, -0.2) is 34.1 Å². The summed E-state index contributed by atoms with van der Waals surface area (Å²) >= 11 is 2.90. The third-order valence-corrected chi connectivity index (χ3v) is 3.42. The van der Waals surface area contributed by atoms with Crippen LogP contribution in [0.2, 0.25) is 0 Å². The van der Waals surface area contributed by atoms with Gasteiger partial charge in [0.05, 0.1) is 11.0 Å². The van der Waals surface area contributed by atoms with Gasteiger partial charge in [0.2, 0.25) is 0 Å². The second-order valence-electron chi connectivity index (χ2n) is 3.88. The summed E-state index contributed by atoms with van der Waals surface area (Å²) in [7, 11) is 0. The molecule has 2 unspecified atom stereocenters. The van der Waals surface area contributed by atoms with Crippen LogP contribution in [0.4, 0.5) is 26.3 Å². The lowest BCUT2D eigenvalue weighted by molar-refractivity contribution is -0.377. The molecule has 0 radical (unpaired) electrons. The summed E-state index contributed by atoms with van der Waals surface area (Å²) in [4.78, 5) is -0.669. The highest BCUT2D eigenvalue weighted by atomic mass is 79.9. The second-order valence-corrected chi connectivity index (χ2v) is 4.98. The molecule has 0 bridgehead atoms. The van der Waals surface area contributed by atoms with E-state index in [2.05, 4.69) is 21.2 Å². The lowest BCUT2D eigenvalue weighted by Crippen LogP contribution is -2.69. The summed E-state index contributed by atoms with van der Waals surface area (Å²) in [6.45, 7) is 0. The van der Waals surface area contributed by atoms with Crippen molar-refractivity contribution < 1.29 is 31.4 Å². The molecule has 0 spiro atoms. The molecule has 17 heavy (non-hydrogen) atoms. The zero-order valence-corrected chi connectivity index (χ0v) is 9.95. The summed E-state index contributed by atoms with van der Waals surface area (Å²) in [5.41, 5.74) is -4.72. The molecule has 1 fully saturated rings. The van der Waals surface area contributed by atoms with Crippen LogP contribution in [0.5, 0.6) is 0 Å². The molecule has 9 heteroatoms. The van der Waals surface area contributed by atoms with E-state index in [1.54, 1.807) is 0 Å². The van der Waals surface area contributed by atoms with Crippen molar-refractivity contribution in [2.45, 2.75) is 48.2 Å². The zero-order chi connectivity index (χ0) is 13.5. The highest BCUT2D eigenvalue weighted by Crippen LogP contribution is 2.47. The van der Waals surface area contributed by atoms with Gasteiger partial charge in [0.15, 0.2) is 0 Å². The molecule has 1 aliphatic heterocycles. The highest BCUT2D eigenvalue weighted by Gasteiger charge is 2.74. The lowest BCUT2D eigenvalue weighted by atomic mass is 9.86. The molecule has 1 heterocycles. The van der Waals surface area contributed by atoms with E-state index in [0.717, 1.165) is 0 Å². The Morgan fingerprint density at radius 1 is 1.00 bits per heavy atom. The Kier molecular flexibility index (Phi) is 4.05. The molecule has 1 saturated heterocycles. The van der Waals surface area contributed by atoms with Crippen molar-refractivity contribution in [3.8, 4) is 0 Å². The van der Waals surface area contributed by atoms with Gasteiger partial charge in [0.25, 0.3) is 5.60 Å². The van der Waals surface area contributed by atoms with Crippen molar-refractivity contribution >= 4 is 15.9 Å². The van der Waals surface area contributed by atoms with Crippen LogP contribution in [-0.2, 0) is 0 Å². The minimum Gasteiger partial charge on any atom is -0.372 e. The number of rotatable bonds is 1. The first-order valence-electron chi connectivity index (χ1n) is 4.76. The number of hydrogen-bond donors (Lipinski definition) is 2. The van der Waals surface area contributed by atoms with Crippen LogP contribution >= 0.6 is 15.9 Å². The fourth-order valence-electron chi connectivity index (χ4n) is 1.77. The summed E-state index contributed by atoms with van der Waals surface area (Å²) in [5.74, 6) is 0. The maximum absolute atomic E-state index is 12.5. The fourth-order valence-corrected chi connectivity index (χ4v) is 2.41. The van der Waals surface area contributed by atoms with Gasteiger partial charge >= 0.3 is 12.4 Å². The predicted molar refractivity (Wildman–Crippen MR) is 50.5 cm³/mol. The molecule has 0 amide bonds. The average Bonchev–Trinajstić information content (AvgIpc) is 2.12. The number of nitrogens with one attached hydrogen (secondary N) is 1. The van der Waals surface area contributed by atoms with Crippen molar-refractivity contribution in [3.05, 3.63) is 0 Å². The Balaban J connectivity index is 3.07. The van der Waals surface area contributed by atoms with Gasteiger partial charge in [0.1, 0.15) is 0 Å². The van der Waals surface area contributed by atoms with Crippen LogP contribution in [0.3, 0.4) is 0 Å². The normalized spacial score (nSPS) is 28.2. The van der Waals surface area contributed by atoms with E-state index in [-0.39, 0.29) is 6.42 Å². The molecule has 1 aliphatic rings. The highest BCUT2D eigenvalue weighted by molar-refractivity contribution is 9.09. The first-order chi connectivity index (χ1) is 7.50. The molecule has 0 aromatic carbocycles. The van der Waals surface area contributed by atoms with E-state index in [1.807, 2.05) is 0 Å². The van der Waals surface area contributed by atoms with E-state index in [9.17, 15) is 26.3 Å². The predicted octanol–water partition coefficient (Wildman–Crippen LogP) is 2.71. The van der Waals surface area contributed by atoms with Gasteiger partial charge < -0.3 is 5.11 Å². The molecule has 2 nitrogen and oxygen atoms in total. The van der Waals surface area contributed by atoms with E-state index in [0.29, 0.717) is 6.42 Å². The summed E-state index contributed by atoms with van der Waals surface area (Å²) in [6.07, 6.45) is -11.4. The fraction of sp³-hybridized carbons (Fsp3) is 1.00. The zero-order valence-electron chi connectivity index (χ0n) is 8.37. The quantitative estimate of drug-likeness (QED) is 0.440.